The summed E-state index contributed by atoms with van der Waals surface area (Å²) in [4.78, 5) is 0. The van der Waals surface area contributed by atoms with Gasteiger partial charge in [0.15, 0.2) is 0 Å². The number of hydrogen-bond acceptors (Lipinski definition) is 4. The number of aliphatic hydroxyl groups is 1. The lowest BCUT2D eigenvalue weighted by Crippen LogP contribution is -2.05. The van der Waals surface area contributed by atoms with Gasteiger partial charge in [-0.25, -0.2) is 4.68 Å². The van der Waals surface area contributed by atoms with Gasteiger partial charge in [-0.05, 0) is 38.8 Å². The van der Waals surface area contributed by atoms with Gasteiger partial charge in [-0.3, -0.25) is 0 Å². The zero-order chi connectivity index (χ0) is 15.1. The Morgan fingerprint density at radius 1 is 1.14 bits per heavy atom. The lowest BCUT2D eigenvalue weighted by Gasteiger charge is -2.07. The predicted octanol–water partition coefficient (Wildman–Crippen LogP) is 2.29. The fraction of sp³-hybridized carbons (Fsp3) is 0.500. The highest BCUT2D eigenvalue weighted by atomic mass is 16.5. The van der Waals surface area contributed by atoms with Crippen molar-refractivity contribution in [1.82, 2.24) is 15.0 Å². The highest BCUT2D eigenvalue weighted by Gasteiger charge is 2.07. The van der Waals surface area contributed by atoms with Crippen LogP contribution in [0.4, 0.5) is 0 Å². The van der Waals surface area contributed by atoms with E-state index in [-0.39, 0.29) is 6.61 Å². The van der Waals surface area contributed by atoms with Gasteiger partial charge < -0.3 is 9.84 Å². The van der Waals surface area contributed by atoms with E-state index in [0.717, 1.165) is 36.5 Å². The van der Waals surface area contributed by atoms with Crippen molar-refractivity contribution in [3.63, 3.8) is 0 Å². The maximum absolute atomic E-state index is 8.93. The number of ether oxygens (including phenoxy) is 1. The first-order valence-electron chi connectivity index (χ1n) is 7.40. The van der Waals surface area contributed by atoms with Crippen LogP contribution in [0.5, 0.6) is 5.75 Å². The molecule has 1 N–H and O–H groups in total. The molecule has 0 radical (unpaired) electrons. The second-order valence-electron chi connectivity index (χ2n) is 5.19. The van der Waals surface area contributed by atoms with Gasteiger partial charge in [-0.15, -0.1) is 5.10 Å². The second kappa shape index (κ2) is 7.78. The smallest absolute Gasteiger partial charge is 0.119 e. The Hall–Kier alpha value is -1.88. The van der Waals surface area contributed by atoms with E-state index >= 15 is 0 Å². The lowest BCUT2D eigenvalue weighted by molar-refractivity contribution is 0.298. The van der Waals surface area contributed by atoms with Crippen molar-refractivity contribution < 1.29 is 9.84 Å². The second-order valence-corrected chi connectivity index (χ2v) is 5.19. The molecular weight excluding hydrogens is 266 g/mol. The third-order valence-corrected chi connectivity index (χ3v) is 3.48. The van der Waals surface area contributed by atoms with E-state index < -0.39 is 0 Å². The number of nitrogens with zero attached hydrogens (tertiary/aromatic N) is 3. The van der Waals surface area contributed by atoms with Crippen molar-refractivity contribution in [1.29, 1.82) is 0 Å². The molecule has 1 aromatic carbocycles. The molecule has 0 saturated carbocycles. The third-order valence-electron chi connectivity index (χ3n) is 3.48. The first-order valence-corrected chi connectivity index (χ1v) is 7.40. The SMILES string of the molecule is Cc1ccc(OCCCCn2nnc(CCO)c2C)cc1. The topological polar surface area (TPSA) is 60.2 Å². The summed E-state index contributed by atoms with van der Waals surface area (Å²) in [6.45, 7) is 5.72. The van der Waals surface area contributed by atoms with E-state index in [2.05, 4.69) is 29.4 Å². The van der Waals surface area contributed by atoms with Gasteiger partial charge in [0.1, 0.15) is 5.75 Å². The molecule has 0 fully saturated rings. The summed E-state index contributed by atoms with van der Waals surface area (Å²) in [5.41, 5.74) is 3.17. The molecule has 0 aliphatic rings. The molecule has 0 unspecified atom stereocenters. The molecule has 2 aromatic rings. The number of aliphatic hydroxyl groups excluding tert-OH is 1. The Morgan fingerprint density at radius 3 is 2.62 bits per heavy atom. The summed E-state index contributed by atoms with van der Waals surface area (Å²) >= 11 is 0. The van der Waals surface area contributed by atoms with Crippen molar-refractivity contribution in [2.45, 2.75) is 39.7 Å². The van der Waals surface area contributed by atoms with Crippen LogP contribution < -0.4 is 4.74 Å². The first kappa shape index (κ1) is 15.5. The van der Waals surface area contributed by atoms with Gasteiger partial charge >= 0.3 is 0 Å². The van der Waals surface area contributed by atoms with E-state index in [9.17, 15) is 0 Å². The Labute approximate surface area is 125 Å². The largest absolute Gasteiger partial charge is 0.494 e. The minimum atomic E-state index is 0.115. The monoisotopic (exact) mass is 289 g/mol. The van der Waals surface area contributed by atoms with E-state index in [0.29, 0.717) is 13.0 Å². The van der Waals surface area contributed by atoms with Crippen molar-refractivity contribution in [2.75, 3.05) is 13.2 Å². The van der Waals surface area contributed by atoms with Crippen LogP contribution in [0.15, 0.2) is 24.3 Å². The number of aryl methyl sites for hydroxylation is 2. The van der Waals surface area contributed by atoms with Gasteiger partial charge in [-0.1, -0.05) is 22.9 Å². The average Bonchev–Trinajstić information content (AvgIpc) is 2.82. The minimum absolute atomic E-state index is 0.115. The summed E-state index contributed by atoms with van der Waals surface area (Å²) in [6, 6.07) is 8.10. The van der Waals surface area contributed by atoms with Crippen molar-refractivity contribution in [3.05, 3.63) is 41.2 Å². The number of hydrogen-bond donors (Lipinski definition) is 1. The van der Waals surface area contributed by atoms with Crippen LogP contribution in [0.3, 0.4) is 0 Å². The third kappa shape index (κ3) is 4.56. The highest BCUT2D eigenvalue weighted by Crippen LogP contribution is 2.12. The van der Waals surface area contributed by atoms with Gasteiger partial charge in [0, 0.05) is 19.6 Å². The molecule has 0 saturated heterocycles. The van der Waals surface area contributed by atoms with Crippen molar-refractivity contribution >= 4 is 0 Å². The molecule has 0 spiro atoms. The quantitative estimate of drug-likeness (QED) is 0.757. The molecule has 21 heavy (non-hydrogen) atoms. The molecule has 1 aromatic heterocycles. The van der Waals surface area contributed by atoms with Crippen LogP contribution in [0, 0.1) is 13.8 Å². The fourth-order valence-corrected chi connectivity index (χ4v) is 2.13. The van der Waals surface area contributed by atoms with Gasteiger partial charge in [0.2, 0.25) is 0 Å². The van der Waals surface area contributed by atoms with Crippen LogP contribution in [-0.2, 0) is 13.0 Å². The van der Waals surface area contributed by atoms with Gasteiger partial charge in [0.05, 0.1) is 18.0 Å². The number of aromatic nitrogens is 3. The molecule has 5 nitrogen and oxygen atoms in total. The molecule has 0 atom stereocenters. The summed E-state index contributed by atoms with van der Waals surface area (Å²) in [5.74, 6) is 0.919. The van der Waals surface area contributed by atoms with Crippen molar-refractivity contribution in [3.8, 4) is 5.75 Å². The van der Waals surface area contributed by atoms with Crippen LogP contribution in [-0.4, -0.2) is 33.3 Å². The van der Waals surface area contributed by atoms with Crippen LogP contribution in [0.25, 0.3) is 0 Å². The molecule has 0 amide bonds. The summed E-state index contributed by atoms with van der Waals surface area (Å²) in [6.07, 6.45) is 2.54. The van der Waals surface area contributed by atoms with E-state index in [4.69, 9.17) is 9.84 Å². The molecule has 1 heterocycles. The average molecular weight is 289 g/mol. The van der Waals surface area contributed by atoms with Crippen LogP contribution in [0.2, 0.25) is 0 Å². The van der Waals surface area contributed by atoms with Crippen LogP contribution >= 0.6 is 0 Å². The molecule has 114 valence electrons. The summed E-state index contributed by atoms with van der Waals surface area (Å²) in [5, 5.41) is 17.1. The molecular formula is C16H23N3O2. The molecule has 0 aliphatic carbocycles. The predicted molar refractivity (Wildman–Crippen MR) is 81.5 cm³/mol. The van der Waals surface area contributed by atoms with E-state index in [1.165, 1.54) is 5.56 Å². The Morgan fingerprint density at radius 2 is 1.90 bits per heavy atom. The van der Waals surface area contributed by atoms with Gasteiger partial charge in [0.25, 0.3) is 0 Å². The number of benzene rings is 1. The lowest BCUT2D eigenvalue weighted by atomic mass is 10.2. The van der Waals surface area contributed by atoms with E-state index in [1.807, 2.05) is 23.7 Å². The van der Waals surface area contributed by atoms with E-state index in [1.54, 1.807) is 0 Å². The maximum Gasteiger partial charge on any atom is 0.119 e. The Balaban J connectivity index is 1.69. The molecule has 0 aliphatic heterocycles. The zero-order valence-corrected chi connectivity index (χ0v) is 12.7. The summed E-state index contributed by atoms with van der Waals surface area (Å²) < 4.78 is 7.59. The highest BCUT2D eigenvalue weighted by molar-refractivity contribution is 5.26. The Bertz CT molecular complexity index is 549. The zero-order valence-electron chi connectivity index (χ0n) is 12.7. The van der Waals surface area contributed by atoms with Crippen molar-refractivity contribution in [2.24, 2.45) is 0 Å². The standard InChI is InChI=1S/C16H23N3O2/c1-13-5-7-15(8-6-13)21-12-4-3-10-19-14(2)16(9-11-20)17-18-19/h5-8,20H,3-4,9-12H2,1-2H3. The summed E-state index contributed by atoms with van der Waals surface area (Å²) in [7, 11) is 0. The minimum Gasteiger partial charge on any atom is -0.494 e. The molecule has 2 rings (SSSR count). The van der Waals surface area contributed by atoms with Gasteiger partial charge in [-0.2, -0.15) is 0 Å². The molecule has 0 bridgehead atoms. The number of unbranched alkanes of at least 4 members (excludes halogenated alkanes) is 1. The fourth-order valence-electron chi connectivity index (χ4n) is 2.13. The maximum atomic E-state index is 8.93. The van der Waals surface area contributed by atoms with Crippen LogP contribution in [0.1, 0.15) is 29.8 Å². The Kier molecular flexibility index (Phi) is 5.75. The first-order chi connectivity index (χ1) is 10.2. The number of rotatable bonds is 8. The normalized spacial score (nSPS) is 10.8. The molecule has 5 heteroatoms.